The molecule has 2 amide bonds. The van der Waals surface area contributed by atoms with Crippen LogP contribution < -0.4 is 10.7 Å². The molecule has 0 unspecified atom stereocenters. The lowest BCUT2D eigenvalue weighted by molar-refractivity contribution is 0.0954. The molecule has 140 valence electrons. The van der Waals surface area contributed by atoms with E-state index in [2.05, 4.69) is 15.8 Å². The first-order valence-corrected chi connectivity index (χ1v) is 8.59. The van der Waals surface area contributed by atoms with Crippen LogP contribution in [0.4, 0.5) is 10.1 Å². The maximum absolute atomic E-state index is 12.9. The van der Waals surface area contributed by atoms with Crippen molar-refractivity contribution in [2.45, 2.75) is 6.92 Å². The molecule has 0 saturated heterocycles. The zero-order valence-electron chi connectivity index (χ0n) is 15.1. The maximum atomic E-state index is 12.9. The van der Waals surface area contributed by atoms with E-state index in [1.807, 2.05) is 31.2 Å². The standard InChI is InChI=1S/C22H18FN3O2/c1-15-4-2-3-5-18(15)14-24-26-22(28)17-8-12-20(13-9-17)25-21(27)16-6-10-19(23)11-7-16/h2-14H,1H3,(H,25,27)(H,26,28). The van der Waals surface area contributed by atoms with Crippen LogP contribution in [0.3, 0.4) is 0 Å². The summed E-state index contributed by atoms with van der Waals surface area (Å²) in [5.41, 5.74) is 5.72. The van der Waals surface area contributed by atoms with Crippen molar-refractivity contribution >= 4 is 23.7 Å². The average molecular weight is 375 g/mol. The van der Waals surface area contributed by atoms with Crippen molar-refractivity contribution in [3.63, 3.8) is 0 Å². The number of nitrogens with zero attached hydrogens (tertiary/aromatic N) is 1. The number of amides is 2. The van der Waals surface area contributed by atoms with Gasteiger partial charge in [0.1, 0.15) is 5.82 Å². The minimum absolute atomic E-state index is 0.341. The summed E-state index contributed by atoms with van der Waals surface area (Å²) >= 11 is 0. The first kappa shape index (κ1) is 19.0. The second-order valence-electron chi connectivity index (χ2n) is 6.09. The number of carbonyl (C=O) groups is 2. The molecule has 3 aromatic carbocycles. The Balaban J connectivity index is 1.59. The van der Waals surface area contributed by atoms with Gasteiger partial charge in [-0.25, -0.2) is 9.82 Å². The van der Waals surface area contributed by atoms with Crippen molar-refractivity contribution < 1.29 is 14.0 Å². The van der Waals surface area contributed by atoms with Crippen LogP contribution in [-0.4, -0.2) is 18.0 Å². The molecule has 0 aromatic heterocycles. The number of benzene rings is 3. The molecule has 5 nitrogen and oxygen atoms in total. The molecule has 0 aliphatic heterocycles. The zero-order valence-corrected chi connectivity index (χ0v) is 15.1. The van der Waals surface area contributed by atoms with Crippen LogP contribution >= 0.6 is 0 Å². The second-order valence-corrected chi connectivity index (χ2v) is 6.09. The summed E-state index contributed by atoms with van der Waals surface area (Å²) in [6, 6.07) is 19.3. The molecule has 0 spiro atoms. The Morgan fingerprint density at radius 1 is 0.857 bits per heavy atom. The summed E-state index contributed by atoms with van der Waals surface area (Å²) in [5, 5.41) is 6.66. The lowest BCUT2D eigenvalue weighted by Crippen LogP contribution is -2.18. The number of aryl methyl sites for hydroxylation is 1. The number of rotatable bonds is 5. The number of halogens is 1. The molecular formula is C22H18FN3O2. The van der Waals surface area contributed by atoms with Gasteiger partial charge in [0.15, 0.2) is 0 Å². The largest absolute Gasteiger partial charge is 0.322 e. The summed E-state index contributed by atoms with van der Waals surface area (Å²) in [6.45, 7) is 1.96. The molecule has 0 bridgehead atoms. The molecule has 2 N–H and O–H groups in total. The highest BCUT2D eigenvalue weighted by Gasteiger charge is 2.08. The monoisotopic (exact) mass is 375 g/mol. The van der Waals surface area contributed by atoms with E-state index in [1.54, 1.807) is 30.5 Å². The number of hydrogen-bond donors (Lipinski definition) is 2. The van der Waals surface area contributed by atoms with E-state index in [4.69, 9.17) is 0 Å². The Bertz CT molecular complexity index is 1010. The molecule has 3 rings (SSSR count). The first-order chi connectivity index (χ1) is 13.5. The van der Waals surface area contributed by atoms with E-state index >= 15 is 0 Å². The molecule has 0 aliphatic rings. The number of anilines is 1. The third-order valence-electron chi connectivity index (χ3n) is 4.07. The second kappa shape index (κ2) is 8.73. The molecule has 6 heteroatoms. The minimum Gasteiger partial charge on any atom is -0.322 e. The van der Waals surface area contributed by atoms with Crippen LogP contribution in [-0.2, 0) is 0 Å². The third kappa shape index (κ3) is 4.88. The van der Waals surface area contributed by atoms with Crippen molar-refractivity contribution in [1.29, 1.82) is 0 Å². The van der Waals surface area contributed by atoms with E-state index in [0.29, 0.717) is 16.8 Å². The molecule has 0 atom stereocenters. The third-order valence-corrected chi connectivity index (χ3v) is 4.07. The van der Waals surface area contributed by atoms with E-state index in [1.165, 1.54) is 24.3 Å². The normalized spacial score (nSPS) is 10.6. The quantitative estimate of drug-likeness (QED) is 0.519. The fourth-order valence-electron chi connectivity index (χ4n) is 2.47. The smallest absolute Gasteiger partial charge is 0.271 e. The summed E-state index contributed by atoms with van der Waals surface area (Å²) in [7, 11) is 0. The van der Waals surface area contributed by atoms with Gasteiger partial charge in [-0.1, -0.05) is 24.3 Å². The van der Waals surface area contributed by atoms with Gasteiger partial charge in [-0.05, 0) is 66.6 Å². The summed E-state index contributed by atoms with van der Waals surface area (Å²) in [5.74, 6) is -1.13. The van der Waals surface area contributed by atoms with E-state index in [0.717, 1.165) is 11.1 Å². The molecule has 3 aromatic rings. The number of hydrogen-bond acceptors (Lipinski definition) is 3. The molecule has 0 heterocycles. The molecule has 28 heavy (non-hydrogen) atoms. The summed E-state index contributed by atoms with van der Waals surface area (Å²) < 4.78 is 12.9. The van der Waals surface area contributed by atoms with Crippen molar-refractivity contribution in [3.05, 3.63) is 101 Å². The molecule has 0 fully saturated rings. The average Bonchev–Trinajstić information content (AvgIpc) is 2.70. The van der Waals surface area contributed by atoms with Crippen molar-refractivity contribution in [2.24, 2.45) is 5.10 Å². The summed E-state index contributed by atoms with van der Waals surface area (Å²) in [4.78, 5) is 24.3. The van der Waals surface area contributed by atoms with Crippen LogP contribution in [0, 0.1) is 12.7 Å². The Labute approximate surface area is 161 Å². The maximum Gasteiger partial charge on any atom is 0.271 e. The van der Waals surface area contributed by atoms with Crippen LogP contribution in [0.5, 0.6) is 0 Å². The topological polar surface area (TPSA) is 70.6 Å². The highest BCUT2D eigenvalue weighted by molar-refractivity contribution is 6.04. The Hall–Kier alpha value is -3.80. The van der Waals surface area contributed by atoms with Crippen molar-refractivity contribution in [3.8, 4) is 0 Å². The van der Waals surface area contributed by atoms with E-state index in [-0.39, 0.29) is 11.8 Å². The SMILES string of the molecule is Cc1ccccc1C=NNC(=O)c1ccc(NC(=O)c2ccc(F)cc2)cc1. The van der Waals surface area contributed by atoms with Crippen molar-refractivity contribution in [2.75, 3.05) is 5.32 Å². The van der Waals surface area contributed by atoms with Gasteiger partial charge in [-0.2, -0.15) is 5.10 Å². The molecule has 0 radical (unpaired) electrons. The van der Waals surface area contributed by atoms with Crippen LogP contribution in [0.1, 0.15) is 31.8 Å². The number of carbonyl (C=O) groups excluding carboxylic acids is 2. The van der Waals surface area contributed by atoms with Crippen LogP contribution in [0.25, 0.3) is 0 Å². The van der Waals surface area contributed by atoms with Crippen LogP contribution in [0.2, 0.25) is 0 Å². The minimum atomic E-state index is -0.406. The van der Waals surface area contributed by atoms with Gasteiger partial charge < -0.3 is 5.32 Å². The van der Waals surface area contributed by atoms with Gasteiger partial charge in [-0.15, -0.1) is 0 Å². The van der Waals surface area contributed by atoms with E-state index in [9.17, 15) is 14.0 Å². The predicted octanol–water partition coefficient (Wildman–Crippen LogP) is 4.15. The first-order valence-electron chi connectivity index (χ1n) is 8.59. The van der Waals surface area contributed by atoms with Gasteiger partial charge >= 0.3 is 0 Å². The number of nitrogens with one attached hydrogen (secondary N) is 2. The van der Waals surface area contributed by atoms with Gasteiger partial charge in [0, 0.05) is 16.8 Å². The molecule has 0 aliphatic carbocycles. The lowest BCUT2D eigenvalue weighted by atomic mass is 10.1. The van der Waals surface area contributed by atoms with Gasteiger partial charge in [-0.3, -0.25) is 9.59 Å². The Morgan fingerprint density at radius 2 is 1.46 bits per heavy atom. The molecule has 0 saturated carbocycles. The van der Waals surface area contributed by atoms with Crippen LogP contribution in [0.15, 0.2) is 77.9 Å². The predicted molar refractivity (Wildman–Crippen MR) is 107 cm³/mol. The van der Waals surface area contributed by atoms with Gasteiger partial charge in [0.05, 0.1) is 6.21 Å². The highest BCUT2D eigenvalue weighted by atomic mass is 19.1. The summed E-state index contributed by atoms with van der Waals surface area (Å²) in [6.07, 6.45) is 1.59. The Morgan fingerprint density at radius 3 is 2.14 bits per heavy atom. The fourth-order valence-corrected chi connectivity index (χ4v) is 2.47. The Kier molecular flexibility index (Phi) is 5.91. The highest BCUT2D eigenvalue weighted by Crippen LogP contribution is 2.12. The zero-order chi connectivity index (χ0) is 19.9. The molecular weight excluding hydrogens is 357 g/mol. The number of hydrazone groups is 1. The lowest BCUT2D eigenvalue weighted by Gasteiger charge is -2.06. The van der Waals surface area contributed by atoms with Gasteiger partial charge in [0.2, 0.25) is 0 Å². The van der Waals surface area contributed by atoms with Gasteiger partial charge in [0.25, 0.3) is 11.8 Å². The fraction of sp³-hybridized carbons (Fsp3) is 0.0455. The van der Waals surface area contributed by atoms with E-state index < -0.39 is 5.82 Å². The van der Waals surface area contributed by atoms with Crippen molar-refractivity contribution in [1.82, 2.24) is 5.43 Å².